The summed E-state index contributed by atoms with van der Waals surface area (Å²) in [6.07, 6.45) is 2.67. The molecule has 12 heteroatoms. The molecule has 12 nitrogen and oxygen atoms in total. The Morgan fingerprint density at radius 2 is 1.77 bits per heavy atom. The summed E-state index contributed by atoms with van der Waals surface area (Å²) >= 11 is 0. The maximum Gasteiger partial charge on any atom is 0.336 e. The Kier molecular flexibility index (Phi) is 12.3. The van der Waals surface area contributed by atoms with E-state index in [0.29, 0.717) is 6.61 Å². The number of nitrogens with zero attached hydrogens (tertiary/aromatic N) is 3. The number of fused-ring (bicyclic) bond motifs is 1. The number of carbonyl (C=O) groups is 3. The second-order valence-corrected chi connectivity index (χ2v) is 9.99. The Bertz CT molecular complexity index is 1130. The minimum atomic E-state index is -2.74. The highest BCUT2D eigenvalue weighted by molar-refractivity contribution is 5.88. The molecule has 0 bridgehead atoms. The fourth-order valence-electron chi connectivity index (χ4n) is 4.16. The van der Waals surface area contributed by atoms with E-state index in [9.17, 15) is 14.4 Å². The second kappa shape index (κ2) is 15.2. The van der Waals surface area contributed by atoms with Crippen molar-refractivity contribution in [1.82, 2.24) is 14.8 Å². The van der Waals surface area contributed by atoms with Crippen molar-refractivity contribution in [2.24, 2.45) is 0 Å². The fourth-order valence-corrected chi connectivity index (χ4v) is 4.16. The Morgan fingerprint density at radius 3 is 2.30 bits per heavy atom. The molecule has 1 atom stereocenters. The summed E-state index contributed by atoms with van der Waals surface area (Å²) in [6, 6.07) is 8.48. The Morgan fingerprint density at radius 1 is 1.10 bits per heavy atom. The van der Waals surface area contributed by atoms with Gasteiger partial charge in [0.1, 0.15) is 17.6 Å². The number of pyridine rings is 1. The normalized spacial score (nSPS) is 14.2. The molecule has 1 aliphatic rings. The Hall–Kier alpha value is -3.74. The van der Waals surface area contributed by atoms with Gasteiger partial charge in [-0.15, -0.1) is 0 Å². The van der Waals surface area contributed by atoms with E-state index in [2.05, 4.69) is 54.0 Å². The topological polar surface area (TPSA) is 170 Å². The molecule has 1 aliphatic heterocycles. The third kappa shape index (κ3) is 10.4. The van der Waals surface area contributed by atoms with Crippen molar-refractivity contribution in [2.45, 2.75) is 57.9 Å². The third-order valence-electron chi connectivity index (χ3n) is 6.05. The van der Waals surface area contributed by atoms with Gasteiger partial charge in [0.25, 0.3) is 0 Å². The average molecular weight is 562 g/mol. The quantitative estimate of drug-likeness (QED) is 0.265. The molecule has 3 rings (SSSR count). The summed E-state index contributed by atoms with van der Waals surface area (Å²) in [7, 11) is 4.22. The average Bonchev–Trinajstić information content (AvgIpc) is 3.21. The number of rotatable bonds is 14. The molecule has 1 unspecified atom stereocenters. The smallest absolute Gasteiger partial charge is 0.336 e. The molecule has 40 heavy (non-hydrogen) atoms. The van der Waals surface area contributed by atoms with Crippen molar-refractivity contribution in [1.29, 1.82) is 0 Å². The number of carboxylic acids is 3. The summed E-state index contributed by atoms with van der Waals surface area (Å²) in [4.78, 5) is 39.4. The number of aromatic nitrogens is 1. The lowest BCUT2D eigenvalue weighted by molar-refractivity contribution is -0.170. The van der Waals surface area contributed by atoms with Crippen LogP contribution in [0.3, 0.4) is 0 Å². The van der Waals surface area contributed by atoms with Gasteiger partial charge in [-0.25, -0.2) is 4.79 Å². The van der Waals surface area contributed by atoms with Crippen molar-refractivity contribution in [3.63, 3.8) is 0 Å². The number of aliphatic hydroxyl groups is 1. The minimum absolute atomic E-state index is 0.241. The molecule has 4 N–H and O–H groups in total. The van der Waals surface area contributed by atoms with Crippen LogP contribution in [0.2, 0.25) is 0 Å². The minimum Gasteiger partial charge on any atom is -0.494 e. The molecule has 0 spiro atoms. The number of benzene rings is 1. The number of hydrogen-bond acceptors (Lipinski definition) is 9. The Labute approximate surface area is 233 Å². The summed E-state index contributed by atoms with van der Waals surface area (Å²) < 4.78 is 12.0. The standard InChI is InChI=1S/C22H31N3O2.C6H8O7/c1-5-26-21-12-19-11-17(2)27-22(19)13-20(21)16-25(10-9-24(3)4)15-18-7-6-8-23-14-18;7-3(8)1-6(13,5(11)12)2-4(9)10/h6-8,12-14,17H,5,9-11,15-16H2,1-4H3;13H,1-2H2,(H,7,8)(H,9,10)(H,11,12). The number of hydrogen-bond donors (Lipinski definition) is 4. The highest BCUT2D eigenvalue weighted by Gasteiger charge is 2.40. The van der Waals surface area contributed by atoms with Crippen molar-refractivity contribution in [2.75, 3.05) is 33.8 Å². The highest BCUT2D eigenvalue weighted by atomic mass is 16.5. The van der Waals surface area contributed by atoms with Gasteiger partial charge in [0, 0.05) is 56.1 Å². The molecule has 0 aliphatic carbocycles. The van der Waals surface area contributed by atoms with E-state index in [1.165, 1.54) is 16.7 Å². The van der Waals surface area contributed by atoms with Crippen molar-refractivity contribution in [3.8, 4) is 11.5 Å². The number of likely N-dealkylation sites (N-methyl/N-ethyl adjacent to an activating group) is 1. The molecule has 0 radical (unpaired) electrons. The number of carboxylic acid groups (broad SMARTS) is 3. The first-order valence-electron chi connectivity index (χ1n) is 12.9. The molecule has 2 aromatic rings. The number of ether oxygens (including phenoxy) is 2. The lowest BCUT2D eigenvalue weighted by Gasteiger charge is -2.25. The van der Waals surface area contributed by atoms with Crippen LogP contribution in [-0.2, 0) is 33.9 Å². The van der Waals surface area contributed by atoms with Gasteiger partial charge in [-0.1, -0.05) is 6.07 Å². The highest BCUT2D eigenvalue weighted by Crippen LogP contribution is 2.35. The van der Waals surface area contributed by atoms with E-state index in [-0.39, 0.29) is 6.10 Å². The molecule has 2 heterocycles. The first kappa shape index (κ1) is 32.5. The van der Waals surface area contributed by atoms with Gasteiger partial charge < -0.3 is 34.8 Å². The van der Waals surface area contributed by atoms with Crippen molar-refractivity contribution < 1.29 is 44.3 Å². The third-order valence-corrected chi connectivity index (χ3v) is 6.05. The zero-order valence-electron chi connectivity index (χ0n) is 23.4. The van der Waals surface area contributed by atoms with Gasteiger partial charge in [-0.05, 0) is 51.7 Å². The molecule has 0 amide bonds. The van der Waals surface area contributed by atoms with E-state index in [0.717, 1.165) is 44.1 Å². The maximum atomic E-state index is 10.3. The van der Waals surface area contributed by atoms with Gasteiger partial charge in [-0.3, -0.25) is 19.5 Å². The van der Waals surface area contributed by atoms with Gasteiger partial charge in [-0.2, -0.15) is 0 Å². The monoisotopic (exact) mass is 561 g/mol. The van der Waals surface area contributed by atoms with Crippen LogP contribution in [0.1, 0.15) is 43.4 Å². The van der Waals surface area contributed by atoms with E-state index in [1.54, 1.807) is 0 Å². The summed E-state index contributed by atoms with van der Waals surface area (Å²) in [6.45, 7) is 8.49. The zero-order chi connectivity index (χ0) is 29.9. The predicted octanol–water partition coefficient (Wildman–Crippen LogP) is 2.12. The summed E-state index contributed by atoms with van der Waals surface area (Å²) in [5, 5.41) is 33.8. The van der Waals surface area contributed by atoms with Crippen LogP contribution in [0.15, 0.2) is 36.7 Å². The van der Waals surface area contributed by atoms with Crippen LogP contribution in [0.25, 0.3) is 0 Å². The van der Waals surface area contributed by atoms with E-state index in [1.807, 2.05) is 25.4 Å². The van der Waals surface area contributed by atoms with Crippen LogP contribution in [0.4, 0.5) is 0 Å². The molecule has 0 saturated carbocycles. The maximum absolute atomic E-state index is 10.3. The fraction of sp³-hybridized carbons (Fsp3) is 0.500. The predicted molar refractivity (Wildman–Crippen MR) is 145 cm³/mol. The van der Waals surface area contributed by atoms with Crippen LogP contribution in [-0.4, -0.2) is 98.6 Å². The molecule has 220 valence electrons. The summed E-state index contributed by atoms with van der Waals surface area (Å²) in [5.41, 5.74) is 0.923. The molecule has 1 aromatic heterocycles. The first-order valence-corrected chi connectivity index (χ1v) is 12.9. The lowest BCUT2D eigenvalue weighted by Crippen LogP contribution is -2.42. The van der Waals surface area contributed by atoms with Gasteiger partial charge >= 0.3 is 17.9 Å². The van der Waals surface area contributed by atoms with E-state index in [4.69, 9.17) is 29.9 Å². The van der Waals surface area contributed by atoms with Crippen LogP contribution < -0.4 is 9.47 Å². The summed E-state index contributed by atoms with van der Waals surface area (Å²) in [5.74, 6) is -3.03. The first-order chi connectivity index (χ1) is 18.8. The lowest BCUT2D eigenvalue weighted by atomic mass is 9.96. The van der Waals surface area contributed by atoms with Crippen LogP contribution in [0.5, 0.6) is 11.5 Å². The van der Waals surface area contributed by atoms with Crippen LogP contribution >= 0.6 is 0 Å². The van der Waals surface area contributed by atoms with Gasteiger partial charge in [0.05, 0.1) is 19.4 Å². The second-order valence-electron chi connectivity index (χ2n) is 9.99. The Balaban J connectivity index is 0.000000366. The molecule has 0 fully saturated rings. The number of aliphatic carboxylic acids is 3. The van der Waals surface area contributed by atoms with E-state index < -0.39 is 36.4 Å². The van der Waals surface area contributed by atoms with Crippen LogP contribution in [0, 0.1) is 0 Å². The molecular weight excluding hydrogens is 522 g/mol. The van der Waals surface area contributed by atoms with Gasteiger partial charge in [0.2, 0.25) is 0 Å². The molecule has 0 saturated heterocycles. The largest absolute Gasteiger partial charge is 0.494 e. The molecular formula is C28H39N3O9. The van der Waals surface area contributed by atoms with Crippen molar-refractivity contribution >= 4 is 17.9 Å². The van der Waals surface area contributed by atoms with Gasteiger partial charge in [0.15, 0.2) is 5.60 Å². The zero-order valence-corrected chi connectivity index (χ0v) is 23.4. The van der Waals surface area contributed by atoms with E-state index >= 15 is 0 Å². The molecule has 1 aromatic carbocycles. The van der Waals surface area contributed by atoms with Crippen molar-refractivity contribution in [3.05, 3.63) is 53.3 Å². The SMILES string of the molecule is CCOc1cc2c(cc1CN(CCN(C)C)Cc1cccnc1)OC(C)C2.O=C(O)CC(O)(CC(=O)O)C(=O)O.